The molecule has 6 nitrogen and oxygen atoms in total. The van der Waals surface area contributed by atoms with Gasteiger partial charge >= 0.3 is 0 Å². The van der Waals surface area contributed by atoms with Crippen LogP contribution in [0.1, 0.15) is 12.3 Å². The van der Waals surface area contributed by atoms with Crippen LogP contribution in [0, 0.1) is 0 Å². The molecule has 3 rings (SSSR count). The number of hydrogen-bond donors (Lipinski definition) is 1. The van der Waals surface area contributed by atoms with Gasteiger partial charge in [-0.2, -0.15) is 4.98 Å². The first-order valence-electron chi connectivity index (χ1n) is 7.66. The molecule has 1 amide bonds. The molecule has 0 saturated carbocycles. The van der Waals surface area contributed by atoms with Crippen molar-refractivity contribution in [1.29, 1.82) is 0 Å². The third kappa shape index (κ3) is 4.58. The summed E-state index contributed by atoms with van der Waals surface area (Å²) in [4.78, 5) is 16.3. The molecule has 0 radical (unpaired) electrons. The van der Waals surface area contributed by atoms with E-state index in [-0.39, 0.29) is 12.3 Å². The number of ether oxygens (including phenoxy) is 1. The van der Waals surface area contributed by atoms with Crippen LogP contribution in [0.15, 0.2) is 53.1 Å². The Hall–Kier alpha value is -2.86. The largest absolute Gasteiger partial charge is 0.497 e. The molecule has 0 aliphatic rings. The first-order chi connectivity index (χ1) is 12.1. The second kappa shape index (κ2) is 7.81. The molecular formula is C18H16ClN3O3. The normalized spacial score (nSPS) is 10.5. The van der Waals surface area contributed by atoms with Gasteiger partial charge < -0.3 is 14.6 Å². The molecule has 0 bridgehead atoms. The number of aromatic nitrogens is 2. The number of anilines is 1. The van der Waals surface area contributed by atoms with E-state index in [0.717, 1.165) is 5.56 Å². The SMILES string of the molecule is COc1cccc(NC(=O)CCc2nc(-c3cccc(Cl)c3)no2)c1. The molecule has 0 atom stereocenters. The number of benzene rings is 2. The predicted octanol–water partition coefficient (Wildman–Crippen LogP) is 3.97. The van der Waals surface area contributed by atoms with Gasteiger partial charge in [0.15, 0.2) is 0 Å². The second-order valence-corrected chi connectivity index (χ2v) is 5.74. The second-order valence-electron chi connectivity index (χ2n) is 5.30. The monoisotopic (exact) mass is 357 g/mol. The van der Waals surface area contributed by atoms with Gasteiger partial charge in [0.2, 0.25) is 17.6 Å². The molecule has 3 aromatic rings. The van der Waals surface area contributed by atoms with E-state index < -0.39 is 0 Å². The Morgan fingerprint density at radius 2 is 2.08 bits per heavy atom. The molecule has 128 valence electrons. The van der Waals surface area contributed by atoms with Gasteiger partial charge in [0.05, 0.1) is 7.11 Å². The number of halogens is 1. The number of carbonyl (C=O) groups excluding carboxylic acids is 1. The molecule has 0 spiro atoms. The lowest BCUT2D eigenvalue weighted by Gasteiger charge is -2.06. The zero-order valence-corrected chi connectivity index (χ0v) is 14.3. The topological polar surface area (TPSA) is 77.2 Å². The summed E-state index contributed by atoms with van der Waals surface area (Å²) in [6.07, 6.45) is 0.581. The zero-order chi connectivity index (χ0) is 17.6. The summed E-state index contributed by atoms with van der Waals surface area (Å²) in [5.41, 5.74) is 1.44. The molecular weight excluding hydrogens is 342 g/mol. The van der Waals surface area contributed by atoms with Crippen LogP contribution in [0.2, 0.25) is 5.02 Å². The number of carbonyl (C=O) groups is 1. The molecule has 2 aromatic carbocycles. The van der Waals surface area contributed by atoms with Crippen molar-refractivity contribution < 1.29 is 14.1 Å². The number of rotatable bonds is 6. The van der Waals surface area contributed by atoms with Crippen molar-refractivity contribution in [2.24, 2.45) is 0 Å². The number of nitrogens with one attached hydrogen (secondary N) is 1. The van der Waals surface area contributed by atoms with E-state index >= 15 is 0 Å². The van der Waals surface area contributed by atoms with Crippen molar-refractivity contribution in [2.75, 3.05) is 12.4 Å². The highest BCUT2D eigenvalue weighted by molar-refractivity contribution is 6.30. The first kappa shape index (κ1) is 17.0. The van der Waals surface area contributed by atoms with Crippen LogP contribution < -0.4 is 10.1 Å². The van der Waals surface area contributed by atoms with Crippen LogP contribution in [0.4, 0.5) is 5.69 Å². The summed E-state index contributed by atoms with van der Waals surface area (Å²) in [6, 6.07) is 14.4. The van der Waals surface area contributed by atoms with E-state index in [1.54, 1.807) is 31.4 Å². The van der Waals surface area contributed by atoms with E-state index in [9.17, 15) is 4.79 Å². The molecule has 0 unspecified atom stereocenters. The lowest BCUT2D eigenvalue weighted by molar-refractivity contribution is -0.116. The minimum absolute atomic E-state index is 0.143. The number of methoxy groups -OCH3 is 1. The summed E-state index contributed by atoms with van der Waals surface area (Å²) in [5, 5.41) is 7.32. The van der Waals surface area contributed by atoms with Crippen LogP contribution >= 0.6 is 11.6 Å². The zero-order valence-electron chi connectivity index (χ0n) is 13.5. The molecule has 25 heavy (non-hydrogen) atoms. The molecule has 0 saturated heterocycles. The quantitative estimate of drug-likeness (QED) is 0.722. The molecule has 1 heterocycles. The predicted molar refractivity (Wildman–Crippen MR) is 94.7 cm³/mol. The van der Waals surface area contributed by atoms with Crippen LogP contribution in [0.25, 0.3) is 11.4 Å². The Morgan fingerprint density at radius 1 is 1.24 bits per heavy atom. The number of aryl methyl sites for hydroxylation is 1. The van der Waals surface area contributed by atoms with E-state index in [4.69, 9.17) is 20.9 Å². The van der Waals surface area contributed by atoms with Gasteiger partial charge in [0.25, 0.3) is 0 Å². The molecule has 7 heteroatoms. The highest BCUT2D eigenvalue weighted by Gasteiger charge is 2.11. The number of nitrogens with zero attached hydrogens (tertiary/aromatic N) is 2. The number of hydrogen-bond acceptors (Lipinski definition) is 5. The van der Waals surface area contributed by atoms with Crippen molar-refractivity contribution in [1.82, 2.24) is 10.1 Å². The minimum Gasteiger partial charge on any atom is -0.497 e. The van der Waals surface area contributed by atoms with Crippen molar-refractivity contribution in [2.45, 2.75) is 12.8 Å². The summed E-state index contributed by atoms with van der Waals surface area (Å²) >= 11 is 5.95. The Labute approximate surface area is 149 Å². The maximum atomic E-state index is 12.0. The Bertz CT molecular complexity index is 879. The van der Waals surface area contributed by atoms with Crippen LogP contribution in [0.3, 0.4) is 0 Å². The molecule has 1 N–H and O–H groups in total. The van der Waals surface area contributed by atoms with Gasteiger partial charge in [-0.15, -0.1) is 0 Å². The minimum atomic E-state index is -0.143. The molecule has 1 aromatic heterocycles. The fourth-order valence-electron chi connectivity index (χ4n) is 2.25. The fraction of sp³-hybridized carbons (Fsp3) is 0.167. The Balaban J connectivity index is 1.57. The summed E-state index contributed by atoms with van der Waals surface area (Å²) in [7, 11) is 1.58. The Kier molecular flexibility index (Phi) is 5.30. The lowest BCUT2D eigenvalue weighted by atomic mass is 10.2. The van der Waals surface area contributed by atoms with Gasteiger partial charge in [-0.3, -0.25) is 4.79 Å². The van der Waals surface area contributed by atoms with Gasteiger partial charge in [-0.25, -0.2) is 0 Å². The third-order valence-electron chi connectivity index (χ3n) is 3.47. The van der Waals surface area contributed by atoms with Crippen LogP contribution in [-0.2, 0) is 11.2 Å². The van der Waals surface area contributed by atoms with E-state index in [2.05, 4.69) is 15.5 Å². The van der Waals surface area contributed by atoms with Gasteiger partial charge in [-0.1, -0.05) is 35.0 Å². The highest BCUT2D eigenvalue weighted by Crippen LogP contribution is 2.20. The van der Waals surface area contributed by atoms with Crippen LogP contribution in [0.5, 0.6) is 5.75 Å². The summed E-state index contributed by atoms with van der Waals surface area (Å²) in [6.45, 7) is 0. The van der Waals surface area contributed by atoms with Crippen molar-refractivity contribution in [3.63, 3.8) is 0 Å². The van der Waals surface area contributed by atoms with Crippen molar-refractivity contribution in [3.8, 4) is 17.1 Å². The van der Waals surface area contributed by atoms with Crippen molar-refractivity contribution >= 4 is 23.2 Å². The van der Waals surface area contributed by atoms with Gasteiger partial charge in [0.1, 0.15) is 5.75 Å². The Morgan fingerprint density at radius 3 is 2.88 bits per heavy atom. The first-order valence-corrected chi connectivity index (χ1v) is 8.04. The maximum absolute atomic E-state index is 12.0. The average molecular weight is 358 g/mol. The lowest BCUT2D eigenvalue weighted by Crippen LogP contribution is -2.12. The van der Waals surface area contributed by atoms with E-state index in [1.165, 1.54) is 0 Å². The van der Waals surface area contributed by atoms with Crippen LogP contribution in [-0.4, -0.2) is 23.2 Å². The standard InChI is InChI=1S/C18H16ClN3O3/c1-24-15-7-3-6-14(11-15)20-16(23)8-9-17-21-18(22-25-17)12-4-2-5-13(19)10-12/h2-7,10-11H,8-9H2,1H3,(H,20,23). The van der Waals surface area contributed by atoms with Crippen molar-refractivity contribution in [3.05, 3.63) is 59.4 Å². The molecule has 0 aliphatic heterocycles. The van der Waals surface area contributed by atoms with E-state index in [0.29, 0.717) is 34.6 Å². The summed E-state index contributed by atoms with van der Waals surface area (Å²) in [5.74, 6) is 1.39. The molecule has 0 aliphatic carbocycles. The van der Waals surface area contributed by atoms with Gasteiger partial charge in [-0.05, 0) is 24.3 Å². The maximum Gasteiger partial charge on any atom is 0.227 e. The highest BCUT2D eigenvalue weighted by atomic mass is 35.5. The third-order valence-corrected chi connectivity index (χ3v) is 3.71. The molecule has 0 fully saturated rings. The smallest absolute Gasteiger partial charge is 0.227 e. The van der Waals surface area contributed by atoms with Gasteiger partial charge in [0, 0.05) is 35.2 Å². The fourth-order valence-corrected chi connectivity index (χ4v) is 2.44. The number of amides is 1. The summed E-state index contributed by atoms with van der Waals surface area (Å²) < 4.78 is 10.3. The average Bonchev–Trinajstić information content (AvgIpc) is 3.09. The van der Waals surface area contributed by atoms with E-state index in [1.807, 2.05) is 24.3 Å².